The molecule has 2 heteroatoms. The number of fused-ring (bicyclic) bond motifs is 2. The van der Waals surface area contributed by atoms with Gasteiger partial charge in [-0.15, -0.1) is 0 Å². The van der Waals surface area contributed by atoms with E-state index in [1.165, 1.54) is 22.9 Å². The van der Waals surface area contributed by atoms with Gasteiger partial charge >= 0.3 is 0 Å². The normalized spacial score (nSPS) is 30.1. The summed E-state index contributed by atoms with van der Waals surface area (Å²) in [6.45, 7) is 2.15. The molecule has 0 amide bonds. The second kappa shape index (κ2) is 4.95. The fraction of sp³-hybridized carbons (Fsp3) is 0.467. The maximum atomic E-state index is 3.60. The largest absolute Gasteiger partial charge is 0.312 e. The van der Waals surface area contributed by atoms with Crippen molar-refractivity contribution in [3.8, 4) is 0 Å². The van der Waals surface area contributed by atoms with Gasteiger partial charge in [0.1, 0.15) is 0 Å². The van der Waals surface area contributed by atoms with Crippen LogP contribution in [0, 0.1) is 17.8 Å². The first-order valence-corrected chi connectivity index (χ1v) is 7.24. The summed E-state index contributed by atoms with van der Waals surface area (Å²) in [5.74, 6) is 2.62. The molecule has 1 saturated carbocycles. The van der Waals surface area contributed by atoms with Gasteiger partial charge < -0.3 is 5.32 Å². The third kappa shape index (κ3) is 2.63. The molecule has 2 aliphatic rings. The van der Waals surface area contributed by atoms with Gasteiger partial charge in [0.05, 0.1) is 0 Å². The predicted molar refractivity (Wildman–Crippen MR) is 74.7 cm³/mol. The predicted octanol–water partition coefficient (Wildman–Crippen LogP) is 3.75. The second-order valence-electron chi connectivity index (χ2n) is 5.30. The van der Waals surface area contributed by atoms with E-state index < -0.39 is 0 Å². The highest BCUT2D eigenvalue weighted by Gasteiger charge is 2.34. The Morgan fingerprint density at radius 2 is 2.18 bits per heavy atom. The van der Waals surface area contributed by atoms with Crippen LogP contribution in [-0.4, -0.2) is 6.54 Å². The topological polar surface area (TPSA) is 12.0 Å². The highest BCUT2D eigenvalue weighted by atomic mass is 79.9. The monoisotopic (exact) mass is 291 g/mol. The number of rotatable bonds is 4. The Balaban J connectivity index is 1.48. The quantitative estimate of drug-likeness (QED) is 0.833. The molecule has 2 bridgehead atoms. The molecule has 3 unspecified atom stereocenters. The summed E-state index contributed by atoms with van der Waals surface area (Å²) >= 11 is 3.51. The van der Waals surface area contributed by atoms with E-state index in [-0.39, 0.29) is 0 Å². The smallest absolute Gasteiger partial charge is 0.0206 e. The lowest BCUT2D eigenvalue weighted by molar-refractivity contribution is 0.414. The molecule has 0 radical (unpaired) electrons. The first-order chi connectivity index (χ1) is 8.31. The van der Waals surface area contributed by atoms with Crippen molar-refractivity contribution in [2.24, 2.45) is 17.8 Å². The zero-order chi connectivity index (χ0) is 11.7. The van der Waals surface area contributed by atoms with Crippen LogP contribution in [0.4, 0.5) is 0 Å². The first-order valence-electron chi connectivity index (χ1n) is 6.45. The van der Waals surface area contributed by atoms with Crippen molar-refractivity contribution < 1.29 is 0 Å². The van der Waals surface area contributed by atoms with E-state index in [0.29, 0.717) is 0 Å². The second-order valence-corrected chi connectivity index (χ2v) is 6.22. The van der Waals surface area contributed by atoms with E-state index in [1.807, 2.05) is 0 Å². The summed E-state index contributed by atoms with van der Waals surface area (Å²) in [5.41, 5.74) is 1.36. The summed E-state index contributed by atoms with van der Waals surface area (Å²) in [4.78, 5) is 0. The molecular weight excluding hydrogens is 274 g/mol. The maximum Gasteiger partial charge on any atom is 0.0206 e. The van der Waals surface area contributed by atoms with E-state index >= 15 is 0 Å². The van der Waals surface area contributed by atoms with Crippen LogP contribution in [0.2, 0.25) is 0 Å². The Hall–Kier alpha value is -0.600. The molecule has 0 aliphatic heterocycles. The lowest BCUT2D eigenvalue weighted by atomic mass is 9.93. The molecule has 17 heavy (non-hydrogen) atoms. The summed E-state index contributed by atoms with van der Waals surface area (Å²) in [6.07, 6.45) is 7.64. The highest BCUT2D eigenvalue weighted by molar-refractivity contribution is 9.10. The summed E-state index contributed by atoms with van der Waals surface area (Å²) < 4.78 is 1.17. The van der Waals surface area contributed by atoms with Crippen molar-refractivity contribution in [3.63, 3.8) is 0 Å². The molecule has 3 atom stereocenters. The number of halogens is 1. The van der Waals surface area contributed by atoms with Crippen molar-refractivity contribution in [1.82, 2.24) is 5.32 Å². The van der Waals surface area contributed by atoms with Gasteiger partial charge in [-0.25, -0.2) is 0 Å². The van der Waals surface area contributed by atoms with Gasteiger partial charge in [0.2, 0.25) is 0 Å². The van der Waals surface area contributed by atoms with Gasteiger partial charge in [0.25, 0.3) is 0 Å². The molecule has 0 aromatic heterocycles. The molecule has 0 heterocycles. The Labute approximate surface area is 111 Å². The van der Waals surface area contributed by atoms with Crippen LogP contribution in [0.3, 0.4) is 0 Å². The lowest BCUT2D eigenvalue weighted by Gasteiger charge is -2.18. The van der Waals surface area contributed by atoms with Gasteiger partial charge in [-0.1, -0.05) is 40.2 Å². The molecule has 0 spiro atoms. The fourth-order valence-corrected chi connectivity index (χ4v) is 3.62. The zero-order valence-corrected chi connectivity index (χ0v) is 11.5. The number of allylic oxidation sites excluding steroid dienone is 2. The van der Waals surface area contributed by atoms with E-state index in [1.54, 1.807) is 0 Å². The molecule has 1 nitrogen and oxygen atoms in total. The first kappa shape index (κ1) is 11.5. The summed E-state index contributed by atoms with van der Waals surface area (Å²) in [7, 11) is 0. The van der Waals surface area contributed by atoms with Crippen LogP contribution in [0.25, 0.3) is 0 Å². The van der Waals surface area contributed by atoms with Crippen LogP contribution < -0.4 is 5.32 Å². The number of hydrogen-bond acceptors (Lipinski definition) is 1. The van der Waals surface area contributed by atoms with E-state index in [0.717, 1.165) is 30.8 Å². The Kier molecular flexibility index (Phi) is 3.34. The van der Waals surface area contributed by atoms with Gasteiger partial charge in [-0.3, -0.25) is 0 Å². The molecule has 0 saturated heterocycles. The number of benzene rings is 1. The third-order valence-corrected chi connectivity index (χ3v) is 4.53. The molecule has 1 N–H and O–H groups in total. The molecule has 3 rings (SSSR count). The minimum atomic E-state index is 0.856. The molecule has 2 aliphatic carbocycles. The SMILES string of the molecule is Brc1cccc(CNCC2CC3C=CC2C3)c1. The molecule has 1 aromatic carbocycles. The molecular formula is C15H18BrN. The maximum absolute atomic E-state index is 3.60. The van der Waals surface area contributed by atoms with Gasteiger partial charge in [-0.05, 0) is 54.8 Å². The van der Waals surface area contributed by atoms with Crippen LogP contribution in [-0.2, 0) is 6.54 Å². The van der Waals surface area contributed by atoms with Crippen LogP contribution in [0.15, 0.2) is 40.9 Å². The van der Waals surface area contributed by atoms with Crippen LogP contribution in [0.5, 0.6) is 0 Å². The van der Waals surface area contributed by atoms with Crippen molar-refractivity contribution in [2.45, 2.75) is 19.4 Å². The Bertz CT molecular complexity index is 427. The lowest BCUT2D eigenvalue weighted by Crippen LogP contribution is -2.25. The van der Waals surface area contributed by atoms with E-state index in [4.69, 9.17) is 0 Å². The van der Waals surface area contributed by atoms with Gasteiger partial charge in [0.15, 0.2) is 0 Å². The summed E-state index contributed by atoms with van der Waals surface area (Å²) in [6, 6.07) is 8.54. The third-order valence-electron chi connectivity index (χ3n) is 4.04. The van der Waals surface area contributed by atoms with Crippen LogP contribution in [0.1, 0.15) is 18.4 Å². The zero-order valence-electron chi connectivity index (χ0n) is 9.90. The fourth-order valence-electron chi connectivity index (χ4n) is 3.18. The van der Waals surface area contributed by atoms with E-state index in [2.05, 4.69) is 57.7 Å². The molecule has 90 valence electrons. The minimum absolute atomic E-state index is 0.856. The Morgan fingerprint density at radius 3 is 2.88 bits per heavy atom. The van der Waals surface area contributed by atoms with Crippen molar-refractivity contribution in [3.05, 3.63) is 46.5 Å². The summed E-state index contributed by atoms with van der Waals surface area (Å²) in [5, 5.41) is 3.60. The highest BCUT2D eigenvalue weighted by Crippen LogP contribution is 2.42. The number of hydrogen-bond donors (Lipinski definition) is 1. The number of nitrogens with one attached hydrogen (secondary N) is 1. The van der Waals surface area contributed by atoms with Crippen molar-refractivity contribution in [1.29, 1.82) is 0 Å². The standard InChI is InChI=1S/C15H18BrN/c16-15-3-1-2-12(8-15)9-17-10-14-7-11-4-5-13(14)6-11/h1-5,8,11,13-14,17H,6-7,9-10H2. The minimum Gasteiger partial charge on any atom is -0.312 e. The van der Waals surface area contributed by atoms with E-state index in [9.17, 15) is 0 Å². The average molecular weight is 292 g/mol. The average Bonchev–Trinajstić information content (AvgIpc) is 2.91. The van der Waals surface area contributed by atoms with Crippen LogP contribution >= 0.6 is 15.9 Å². The van der Waals surface area contributed by atoms with Crippen molar-refractivity contribution in [2.75, 3.05) is 6.54 Å². The van der Waals surface area contributed by atoms with Gasteiger partial charge in [-0.2, -0.15) is 0 Å². The molecule has 1 fully saturated rings. The Morgan fingerprint density at radius 1 is 1.24 bits per heavy atom. The molecule has 1 aromatic rings. The van der Waals surface area contributed by atoms with Gasteiger partial charge in [0, 0.05) is 11.0 Å². The van der Waals surface area contributed by atoms with Crippen molar-refractivity contribution >= 4 is 15.9 Å².